The van der Waals surface area contributed by atoms with Gasteiger partial charge in [0.05, 0.1) is 6.61 Å². The number of ether oxygens (including phenoxy) is 1. The monoisotopic (exact) mass is 283 g/mol. The van der Waals surface area contributed by atoms with Crippen LogP contribution in [0.3, 0.4) is 0 Å². The van der Waals surface area contributed by atoms with Gasteiger partial charge in [-0.15, -0.1) is 0 Å². The molecule has 4 heteroatoms. The third kappa shape index (κ3) is 4.42. The fraction of sp³-hybridized carbons (Fsp3) is 1.00. The number of nitrogens with zero attached hydrogens (tertiary/aromatic N) is 2. The van der Waals surface area contributed by atoms with Gasteiger partial charge < -0.3 is 15.0 Å². The first-order chi connectivity index (χ1) is 9.65. The molecule has 0 radical (unpaired) electrons. The maximum absolute atomic E-state index is 5.71. The molecule has 0 aromatic carbocycles. The Balaban J connectivity index is 1.80. The highest BCUT2D eigenvalue weighted by Gasteiger charge is 2.37. The molecule has 2 heterocycles. The van der Waals surface area contributed by atoms with Gasteiger partial charge in [-0.3, -0.25) is 4.90 Å². The summed E-state index contributed by atoms with van der Waals surface area (Å²) >= 11 is 0. The summed E-state index contributed by atoms with van der Waals surface area (Å²) in [4.78, 5) is 5.24. The maximum atomic E-state index is 5.71. The topological polar surface area (TPSA) is 27.7 Å². The van der Waals surface area contributed by atoms with E-state index in [1.54, 1.807) is 0 Å². The molecule has 2 rings (SSSR count). The number of hydrogen-bond acceptors (Lipinski definition) is 4. The van der Waals surface area contributed by atoms with E-state index < -0.39 is 0 Å². The van der Waals surface area contributed by atoms with E-state index in [0.29, 0.717) is 11.5 Å². The van der Waals surface area contributed by atoms with Gasteiger partial charge in [0.1, 0.15) is 0 Å². The standard InChI is InChI=1S/C16H33N3O/c1-4-6-17-12-16(5-11-20-14-16)13-18-7-9-19(10-8-18)15(2)3/h15,17H,4-14H2,1-3H3. The van der Waals surface area contributed by atoms with Crippen molar-refractivity contribution in [2.45, 2.75) is 39.7 Å². The van der Waals surface area contributed by atoms with Crippen LogP contribution in [-0.4, -0.2) is 74.9 Å². The predicted molar refractivity (Wildman–Crippen MR) is 84.2 cm³/mol. The molecule has 1 unspecified atom stereocenters. The molecular formula is C16H33N3O. The summed E-state index contributed by atoms with van der Waals surface area (Å²) in [6, 6.07) is 0.687. The summed E-state index contributed by atoms with van der Waals surface area (Å²) in [5.41, 5.74) is 0.356. The summed E-state index contributed by atoms with van der Waals surface area (Å²) in [6.07, 6.45) is 2.43. The van der Waals surface area contributed by atoms with Crippen LogP contribution in [0, 0.1) is 5.41 Å². The van der Waals surface area contributed by atoms with Gasteiger partial charge in [-0.05, 0) is 33.2 Å². The molecule has 0 saturated carbocycles. The molecule has 1 atom stereocenters. The lowest BCUT2D eigenvalue weighted by atomic mass is 9.86. The molecule has 2 fully saturated rings. The third-order valence-electron chi connectivity index (χ3n) is 4.81. The van der Waals surface area contributed by atoms with E-state index >= 15 is 0 Å². The fourth-order valence-corrected chi connectivity index (χ4v) is 3.41. The Morgan fingerprint density at radius 1 is 1.20 bits per heavy atom. The van der Waals surface area contributed by atoms with Crippen LogP contribution >= 0.6 is 0 Å². The van der Waals surface area contributed by atoms with E-state index in [1.807, 2.05) is 0 Å². The number of rotatable bonds is 7. The van der Waals surface area contributed by atoms with Gasteiger partial charge in [-0.25, -0.2) is 0 Å². The van der Waals surface area contributed by atoms with Crippen LogP contribution < -0.4 is 5.32 Å². The van der Waals surface area contributed by atoms with E-state index in [2.05, 4.69) is 35.9 Å². The van der Waals surface area contributed by atoms with Crippen LogP contribution in [0.1, 0.15) is 33.6 Å². The molecule has 2 saturated heterocycles. The second kappa shape index (κ2) is 7.74. The van der Waals surface area contributed by atoms with E-state index in [9.17, 15) is 0 Å². The van der Waals surface area contributed by atoms with Gasteiger partial charge in [0.2, 0.25) is 0 Å². The van der Waals surface area contributed by atoms with Gasteiger partial charge in [0.15, 0.2) is 0 Å². The molecule has 2 aliphatic heterocycles. The van der Waals surface area contributed by atoms with Crippen LogP contribution in [0.4, 0.5) is 0 Å². The van der Waals surface area contributed by atoms with Crippen molar-refractivity contribution in [3.8, 4) is 0 Å². The van der Waals surface area contributed by atoms with Crippen LogP contribution in [0.2, 0.25) is 0 Å². The Morgan fingerprint density at radius 2 is 1.95 bits per heavy atom. The van der Waals surface area contributed by atoms with Crippen LogP contribution in [0.5, 0.6) is 0 Å². The highest BCUT2D eigenvalue weighted by atomic mass is 16.5. The van der Waals surface area contributed by atoms with E-state index in [0.717, 1.165) is 26.3 Å². The average Bonchev–Trinajstić information content (AvgIpc) is 2.88. The lowest BCUT2D eigenvalue weighted by Gasteiger charge is -2.41. The Kier molecular flexibility index (Phi) is 6.27. The Labute approximate surface area is 124 Å². The van der Waals surface area contributed by atoms with Crippen molar-refractivity contribution < 1.29 is 4.74 Å². The molecule has 0 aromatic rings. The summed E-state index contributed by atoms with van der Waals surface area (Å²) < 4.78 is 5.71. The summed E-state index contributed by atoms with van der Waals surface area (Å²) in [6.45, 7) is 17.0. The molecule has 2 aliphatic rings. The summed E-state index contributed by atoms with van der Waals surface area (Å²) in [5.74, 6) is 0. The fourth-order valence-electron chi connectivity index (χ4n) is 3.41. The van der Waals surface area contributed by atoms with E-state index in [4.69, 9.17) is 4.74 Å². The second-order valence-corrected chi connectivity index (χ2v) is 6.89. The zero-order valence-electron chi connectivity index (χ0n) is 13.7. The first-order valence-electron chi connectivity index (χ1n) is 8.40. The number of hydrogen-bond donors (Lipinski definition) is 1. The van der Waals surface area contributed by atoms with Crippen molar-refractivity contribution in [3.63, 3.8) is 0 Å². The molecule has 0 aliphatic carbocycles. The quantitative estimate of drug-likeness (QED) is 0.715. The number of nitrogens with one attached hydrogen (secondary N) is 1. The summed E-state index contributed by atoms with van der Waals surface area (Å²) in [5, 5.41) is 3.62. The maximum Gasteiger partial charge on any atom is 0.0547 e. The minimum absolute atomic E-state index is 0.356. The largest absolute Gasteiger partial charge is 0.381 e. The van der Waals surface area contributed by atoms with Crippen LogP contribution in [0.15, 0.2) is 0 Å². The SMILES string of the molecule is CCCNCC1(CN2CCN(C(C)C)CC2)CCOC1. The molecule has 118 valence electrons. The van der Waals surface area contributed by atoms with Gasteiger partial charge in [0, 0.05) is 57.3 Å². The van der Waals surface area contributed by atoms with Crippen molar-refractivity contribution in [2.24, 2.45) is 5.41 Å². The molecule has 4 nitrogen and oxygen atoms in total. The molecule has 1 N–H and O–H groups in total. The van der Waals surface area contributed by atoms with Crippen molar-refractivity contribution in [3.05, 3.63) is 0 Å². The molecular weight excluding hydrogens is 250 g/mol. The van der Waals surface area contributed by atoms with Crippen LogP contribution in [-0.2, 0) is 4.74 Å². The summed E-state index contributed by atoms with van der Waals surface area (Å²) in [7, 11) is 0. The minimum Gasteiger partial charge on any atom is -0.381 e. The highest BCUT2D eigenvalue weighted by Crippen LogP contribution is 2.29. The van der Waals surface area contributed by atoms with Crippen molar-refractivity contribution in [2.75, 3.05) is 59.0 Å². The normalized spacial score (nSPS) is 29.4. The number of piperazine rings is 1. The van der Waals surface area contributed by atoms with Crippen molar-refractivity contribution in [1.82, 2.24) is 15.1 Å². The van der Waals surface area contributed by atoms with Gasteiger partial charge in [0.25, 0.3) is 0 Å². The molecule has 0 spiro atoms. The zero-order chi connectivity index (χ0) is 14.4. The predicted octanol–water partition coefficient (Wildman–Crippen LogP) is 1.42. The minimum atomic E-state index is 0.356. The van der Waals surface area contributed by atoms with E-state index in [-0.39, 0.29) is 0 Å². The highest BCUT2D eigenvalue weighted by molar-refractivity contribution is 4.90. The first-order valence-corrected chi connectivity index (χ1v) is 8.40. The Bertz CT molecular complexity index is 269. The molecule has 20 heavy (non-hydrogen) atoms. The first kappa shape index (κ1) is 16.2. The Hall–Kier alpha value is -0.160. The van der Waals surface area contributed by atoms with Gasteiger partial charge >= 0.3 is 0 Å². The smallest absolute Gasteiger partial charge is 0.0547 e. The van der Waals surface area contributed by atoms with Gasteiger partial charge in [-0.2, -0.15) is 0 Å². The zero-order valence-corrected chi connectivity index (χ0v) is 13.7. The van der Waals surface area contributed by atoms with Crippen molar-refractivity contribution in [1.29, 1.82) is 0 Å². The average molecular weight is 283 g/mol. The van der Waals surface area contributed by atoms with E-state index in [1.165, 1.54) is 45.6 Å². The van der Waals surface area contributed by atoms with Gasteiger partial charge in [-0.1, -0.05) is 6.92 Å². The lowest BCUT2D eigenvalue weighted by molar-refractivity contribution is 0.0609. The third-order valence-corrected chi connectivity index (χ3v) is 4.81. The molecule has 0 aromatic heterocycles. The lowest BCUT2D eigenvalue weighted by Crippen LogP contribution is -2.53. The molecule has 0 amide bonds. The Morgan fingerprint density at radius 3 is 2.50 bits per heavy atom. The van der Waals surface area contributed by atoms with Crippen LogP contribution in [0.25, 0.3) is 0 Å². The second-order valence-electron chi connectivity index (χ2n) is 6.89. The van der Waals surface area contributed by atoms with Crippen molar-refractivity contribution >= 4 is 0 Å². The molecule has 0 bridgehead atoms.